The molecule has 2 aliphatic rings. The topological polar surface area (TPSA) is 89.8 Å². The van der Waals surface area contributed by atoms with Gasteiger partial charge in [0.1, 0.15) is 11.5 Å². The summed E-state index contributed by atoms with van der Waals surface area (Å²) in [7, 11) is 0. The number of carbonyl (C=O) groups is 1. The van der Waals surface area contributed by atoms with E-state index in [1.165, 1.54) is 17.4 Å². The van der Waals surface area contributed by atoms with Gasteiger partial charge >= 0.3 is 12.2 Å². The first-order valence-electron chi connectivity index (χ1n) is 11.6. The number of piperidine rings is 1. The lowest BCUT2D eigenvalue weighted by Crippen LogP contribution is -2.40. The zero-order chi connectivity index (χ0) is 26.9. The third-order valence-corrected chi connectivity index (χ3v) is 7.98. The van der Waals surface area contributed by atoms with E-state index < -0.39 is 17.8 Å². The molecule has 1 atom stereocenters. The Morgan fingerprint density at radius 3 is 2.63 bits per heavy atom. The number of alkyl halides is 3. The van der Waals surface area contributed by atoms with Crippen molar-refractivity contribution in [3.63, 3.8) is 0 Å². The van der Waals surface area contributed by atoms with Gasteiger partial charge in [0.15, 0.2) is 12.7 Å². The smallest absolute Gasteiger partial charge is 0.419 e. The zero-order valence-corrected chi connectivity index (χ0v) is 22.0. The van der Waals surface area contributed by atoms with Crippen LogP contribution in [0.5, 0.6) is 6.01 Å². The lowest BCUT2D eigenvalue weighted by molar-refractivity contribution is -0.138. The molecule has 1 unspecified atom stereocenters. The number of nitrogens with zero attached hydrogens (tertiary/aromatic N) is 5. The van der Waals surface area contributed by atoms with Gasteiger partial charge in [-0.1, -0.05) is 27.2 Å². The number of halogens is 5. The summed E-state index contributed by atoms with van der Waals surface area (Å²) >= 11 is 4.88. The minimum atomic E-state index is -4.55. The molecule has 1 fully saturated rings. The average Bonchev–Trinajstić information content (AvgIpc) is 3.57. The van der Waals surface area contributed by atoms with E-state index in [0.29, 0.717) is 66.2 Å². The van der Waals surface area contributed by atoms with Crippen molar-refractivity contribution < 1.29 is 31.9 Å². The van der Waals surface area contributed by atoms with Gasteiger partial charge in [-0.3, -0.25) is 4.79 Å². The Balaban J connectivity index is 1.11. The van der Waals surface area contributed by atoms with Crippen LogP contribution >= 0.6 is 27.3 Å². The molecule has 2 aromatic heterocycles. The predicted molar refractivity (Wildman–Crippen MR) is 132 cm³/mol. The summed E-state index contributed by atoms with van der Waals surface area (Å²) in [6, 6.07) is 4.46. The van der Waals surface area contributed by atoms with Crippen LogP contribution in [0.1, 0.15) is 53.1 Å². The van der Waals surface area contributed by atoms with Crippen LogP contribution in [0.15, 0.2) is 45.6 Å². The minimum Gasteiger partial charge on any atom is -0.453 e. The molecule has 5 rings (SSSR count). The monoisotopic (exact) mass is 613 g/mol. The Hall–Kier alpha value is -3.13. The van der Waals surface area contributed by atoms with Crippen molar-refractivity contribution in [2.24, 2.45) is 5.16 Å². The third kappa shape index (κ3) is 5.80. The van der Waals surface area contributed by atoms with Gasteiger partial charge in [-0.15, -0.1) is 11.3 Å². The number of hydrogen-bond donors (Lipinski definition) is 0. The molecule has 2 aliphatic heterocycles. The molecule has 200 valence electrons. The van der Waals surface area contributed by atoms with Crippen molar-refractivity contribution >= 4 is 38.9 Å². The Morgan fingerprint density at radius 1 is 1.21 bits per heavy atom. The van der Waals surface area contributed by atoms with Crippen LogP contribution in [0, 0.1) is 5.82 Å². The van der Waals surface area contributed by atoms with Crippen LogP contribution < -0.4 is 4.74 Å². The predicted octanol–water partition coefficient (Wildman–Crippen LogP) is 5.50. The van der Waals surface area contributed by atoms with Crippen molar-refractivity contribution in [1.29, 1.82) is 0 Å². The van der Waals surface area contributed by atoms with Gasteiger partial charge in [0.05, 0.1) is 16.3 Å². The van der Waals surface area contributed by atoms with Gasteiger partial charge in [-0.05, 0) is 25.0 Å². The van der Waals surface area contributed by atoms with E-state index in [2.05, 4.69) is 31.1 Å². The fourth-order valence-corrected chi connectivity index (χ4v) is 5.84. The second kappa shape index (κ2) is 10.9. The number of oxime groups is 1. The molecule has 4 heterocycles. The fourth-order valence-electron chi connectivity index (χ4n) is 4.24. The number of aromatic nitrogens is 3. The second-order valence-corrected chi connectivity index (χ2v) is 10.5. The van der Waals surface area contributed by atoms with Gasteiger partial charge < -0.3 is 14.5 Å². The number of benzene rings is 1. The molecule has 8 nitrogen and oxygen atoms in total. The van der Waals surface area contributed by atoms with Gasteiger partial charge in [-0.25, -0.2) is 19.3 Å². The standard InChI is InChI=1S/C24H20BrF4N5O3S/c25-15-2-1-3-16(26)21(15)19-8-17(33-37-19)18-12-38-22(32-18)13-4-6-34(7-5-13)20(35)11-36-23-30-9-14(10-31-23)24(27,28)29/h1-3,9-10,12-13,19H,4-8,11H2. The van der Waals surface area contributed by atoms with Gasteiger partial charge in [0, 0.05) is 53.2 Å². The van der Waals surface area contributed by atoms with Crippen LogP contribution in [0.3, 0.4) is 0 Å². The second-order valence-electron chi connectivity index (χ2n) is 8.74. The number of likely N-dealkylation sites (tertiary alicyclic amines) is 1. The largest absolute Gasteiger partial charge is 0.453 e. The molecule has 14 heteroatoms. The maximum Gasteiger partial charge on any atom is 0.419 e. The Morgan fingerprint density at radius 2 is 1.95 bits per heavy atom. The lowest BCUT2D eigenvalue weighted by atomic mass is 9.97. The Labute approximate surface area is 226 Å². The van der Waals surface area contributed by atoms with Crippen LogP contribution in [0.4, 0.5) is 17.6 Å². The van der Waals surface area contributed by atoms with E-state index in [4.69, 9.17) is 14.6 Å². The summed E-state index contributed by atoms with van der Waals surface area (Å²) in [6.07, 6.45) is -2.05. The van der Waals surface area contributed by atoms with Gasteiger partial charge in [0.2, 0.25) is 0 Å². The Bertz CT molecular complexity index is 1320. The number of amides is 1. The highest BCUT2D eigenvalue weighted by Crippen LogP contribution is 2.37. The molecular weight excluding hydrogens is 594 g/mol. The highest BCUT2D eigenvalue weighted by Gasteiger charge is 2.32. The summed E-state index contributed by atoms with van der Waals surface area (Å²) in [4.78, 5) is 31.4. The minimum absolute atomic E-state index is 0.163. The fraction of sp³-hybridized carbons (Fsp3) is 0.375. The SMILES string of the molecule is O=C(COc1ncc(C(F)(F)F)cn1)N1CCC(c2nc(C3=NOC(c4c(F)cccc4Br)C3)cs2)CC1. The summed E-state index contributed by atoms with van der Waals surface area (Å²) < 4.78 is 57.9. The summed E-state index contributed by atoms with van der Waals surface area (Å²) in [5.74, 6) is -0.496. The van der Waals surface area contributed by atoms with Crippen molar-refractivity contribution in [1.82, 2.24) is 19.9 Å². The first-order chi connectivity index (χ1) is 18.2. The molecule has 0 radical (unpaired) electrons. The Kier molecular flexibility index (Phi) is 7.61. The molecule has 3 aromatic rings. The molecule has 1 saturated heterocycles. The van der Waals surface area contributed by atoms with Crippen molar-refractivity contribution in [3.8, 4) is 6.01 Å². The number of ether oxygens (including phenoxy) is 1. The summed E-state index contributed by atoms with van der Waals surface area (Å²) in [5.41, 5.74) is 0.785. The highest BCUT2D eigenvalue weighted by atomic mass is 79.9. The molecular formula is C24H20BrF4N5O3S. The summed E-state index contributed by atoms with van der Waals surface area (Å²) in [6.45, 7) is 0.614. The van der Waals surface area contributed by atoms with Gasteiger partial charge in [-0.2, -0.15) is 13.2 Å². The third-order valence-electron chi connectivity index (χ3n) is 6.29. The molecule has 1 amide bonds. The average molecular weight is 614 g/mol. The highest BCUT2D eigenvalue weighted by molar-refractivity contribution is 9.10. The van der Waals surface area contributed by atoms with Crippen molar-refractivity contribution in [2.45, 2.75) is 37.5 Å². The molecule has 0 spiro atoms. The van der Waals surface area contributed by atoms with E-state index in [1.54, 1.807) is 17.0 Å². The maximum absolute atomic E-state index is 14.3. The van der Waals surface area contributed by atoms with E-state index in [0.717, 1.165) is 5.01 Å². The molecule has 1 aromatic carbocycles. The first kappa shape index (κ1) is 26.5. The van der Waals surface area contributed by atoms with Crippen molar-refractivity contribution in [3.05, 3.63) is 68.1 Å². The summed E-state index contributed by atoms with van der Waals surface area (Å²) in [5, 5.41) is 6.98. The number of hydrogen-bond acceptors (Lipinski definition) is 8. The molecule has 0 aliphatic carbocycles. The van der Waals surface area contributed by atoms with E-state index in [9.17, 15) is 22.4 Å². The van der Waals surface area contributed by atoms with Crippen LogP contribution in [-0.2, 0) is 15.8 Å². The van der Waals surface area contributed by atoms with Crippen LogP contribution in [0.2, 0.25) is 0 Å². The lowest BCUT2D eigenvalue weighted by Gasteiger charge is -2.31. The number of carbonyl (C=O) groups excluding carboxylic acids is 1. The van der Waals surface area contributed by atoms with Crippen molar-refractivity contribution in [2.75, 3.05) is 19.7 Å². The quantitative estimate of drug-likeness (QED) is 0.341. The first-order valence-corrected chi connectivity index (χ1v) is 13.3. The van der Waals surface area contributed by atoms with Crippen LogP contribution in [0.25, 0.3) is 0 Å². The van der Waals surface area contributed by atoms with E-state index >= 15 is 0 Å². The number of thiazole rings is 1. The van der Waals surface area contributed by atoms with E-state index in [1.807, 2.05) is 5.38 Å². The molecule has 0 saturated carbocycles. The molecule has 0 bridgehead atoms. The maximum atomic E-state index is 14.3. The normalized spacial score (nSPS) is 18.3. The zero-order valence-electron chi connectivity index (χ0n) is 19.6. The number of rotatable bonds is 6. The van der Waals surface area contributed by atoms with Crippen LogP contribution in [-0.4, -0.2) is 51.2 Å². The van der Waals surface area contributed by atoms with E-state index in [-0.39, 0.29) is 30.3 Å². The molecule has 0 N–H and O–H groups in total. The molecule has 38 heavy (non-hydrogen) atoms. The van der Waals surface area contributed by atoms with Gasteiger partial charge in [0.25, 0.3) is 5.91 Å².